The molecule has 0 radical (unpaired) electrons. The van der Waals surface area contributed by atoms with Crippen LogP contribution >= 0.6 is 0 Å². The van der Waals surface area contributed by atoms with E-state index in [9.17, 15) is 0 Å². The molecule has 0 atom stereocenters. The summed E-state index contributed by atoms with van der Waals surface area (Å²) in [5.74, 6) is 0.643. The molecule has 0 aliphatic carbocycles. The number of benzene rings is 7. The average molecular weight is 810 g/mol. The maximum atomic E-state index is 5.41. The third-order valence-corrected chi connectivity index (χ3v) is 11.2. The van der Waals surface area contributed by atoms with Crippen LogP contribution in [0.2, 0.25) is 0 Å². The van der Waals surface area contributed by atoms with Gasteiger partial charge in [0.15, 0.2) is 5.82 Å². The molecule has 11 aromatic rings. The molecular formula is C56H39N7. The summed E-state index contributed by atoms with van der Waals surface area (Å²) < 4.78 is 2.33. The fourth-order valence-electron chi connectivity index (χ4n) is 8.44. The minimum Gasteiger partial charge on any atom is -0.308 e. The van der Waals surface area contributed by atoms with Gasteiger partial charge in [0.1, 0.15) is 11.0 Å². The highest BCUT2D eigenvalue weighted by atomic mass is 15.2. The highest BCUT2D eigenvalue weighted by molar-refractivity contribution is 6.07. The molecule has 7 nitrogen and oxygen atoms in total. The first kappa shape index (κ1) is 37.3. The van der Waals surface area contributed by atoms with Gasteiger partial charge in [0.05, 0.1) is 39.5 Å². The van der Waals surface area contributed by atoms with Crippen LogP contribution in [0.4, 0.5) is 34.1 Å². The maximum absolute atomic E-state index is 5.41. The van der Waals surface area contributed by atoms with Gasteiger partial charge >= 0.3 is 0 Å². The first-order valence-corrected chi connectivity index (χ1v) is 21.0. The summed E-state index contributed by atoms with van der Waals surface area (Å²) in [5.41, 5.74) is 14.7. The Labute approximate surface area is 365 Å². The van der Waals surface area contributed by atoms with Gasteiger partial charge < -0.3 is 14.4 Å². The summed E-state index contributed by atoms with van der Waals surface area (Å²) in [5, 5.41) is 0. The first-order valence-electron chi connectivity index (χ1n) is 21.0. The Morgan fingerprint density at radius 1 is 0.333 bits per heavy atom. The van der Waals surface area contributed by atoms with Crippen LogP contribution < -0.4 is 9.80 Å². The zero-order chi connectivity index (χ0) is 42.0. The second kappa shape index (κ2) is 16.4. The lowest BCUT2D eigenvalue weighted by atomic mass is 10.0. The molecule has 0 spiro atoms. The van der Waals surface area contributed by atoms with Crippen molar-refractivity contribution in [2.75, 3.05) is 9.80 Å². The smallest absolute Gasteiger partial charge is 0.160 e. The van der Waals surface area contributed by atoms with Crippen molar-refractivity contribution >= 4 is 56.2 Å². The Morgan fingerprint density at radius 2 is 0.698 bits per heavy atom. The quantitative estimate of drug-likeness (QED) is 0.137. The number of rotatable bonds is 10. The van der Waals surface area contributed by atoms with Crippen LogP contribution in [0.3, 0.4) is 0 Å². The van der Waals surface area contributed by atoms with E-state index in [1.165, 1.54) is 0 Å². The van der Waals surface area contributed by atoms with Crippen molar-refractivity contribution in [1.29, 1.82) is 0 Å². The molecule has 0 amide bonds. The Bertz CT molecular complexity index is 3030. The number of nitrogens with zero attached hydrogens (tertiary/aromatic N) is 7. The molecule has 0 saturated carbocycles. The molecule has 298 valence electrons. The molecule has 4 aromatic heterocycles. The topological polar surface area (TPSA) is 63.0 Å². The second-order valence-corrected chi connectivity index (χ2v) is 15.1. The van der Waals surface area contributed by atoms with Crippen molar-refractivity contribution in [2.24, 2.45) is 0 Å². The monoisotopic (exact) mass is 809 g/mol. The zero-order valence-electron chi connectivity index (χ0n) is 34.1. The summed E-state index contributed by atoms with van der Waals surface area (Å²) in [4.78, 5) is 25.2. The number of pyridine rings is 2. The molecule has 4 heterocycles. The van der Waals surface area contributed by atoms with E-state index >= 15 is 0 Å². The van der Waals surface area contributed by atoms with Crippen molar-refractivity contribution < 1.29 is 0 Å². The Kier molecular flexibility index (Phi) is 9.72. The highest BCUT2D eigenvalue weighted by Crippen LogP contribution is 2.50. The number of para-hydroxylation sites is 4. The molecule has 0 bridgehead atoms. The number of aromatic nitrogens is 5. The molecule has 7 aromatic carbocycles. The molecule has 0 aliphatic rings. The van der Waals surface area contributed by atoms with Crippen LogP contribution in [-0.2, 0) is 0 Å². The Balaban J connectivity index is 1.33. The predicted molar refractivity (Wildman–Crippen MR) is 258 cm³/mol. The summed E-state index contributed by atoms with van der Waals surface area (Å²) >= 11 is 0. The van der Waals surface area contributed by atoms with Gasteiger partial charge in [-0.2, -0.15) is 0 Å². The fourth-order valence-corrected chi connectivity index (χ4v) is 8.44. The van der Waals surface area contributed by atoms with Crippen LogP contribution in [0.1, 0.15) is 0 Å². The number of hydrogen-bond acceptors (Lipinski definition) is 6. The standard InChI is InChI=1S/C56H39N7/c1-7-21-40(22-8-1)47-39-48(60-56(59-47)41-23-9-2-10-24-41)42-37-51(61(43-25-11-3-12-26-43)44-27-13-4-14-28-44)55(63-49-33-19-35-57-53(49)54-50(63)34-20-36-58-54)52(38-42)62(45-29-15-5-16-30-45)46-31-17-6-18-32-46/h1-39H. The zero-order valence-corrected chi connectivity index (χ0v) is 34.1. The minimum absolute atomic E-state index is 0.643. The molecule has 63 heavy (non-hydrogen) atoms. The minimum atomic E-state index is 0.643. The van der Waals surface area contributed by atoms with Gasteiger partial charge in [0.2, 0.25) is 0 Å². The van der Waals surface area contributed by atoms with Crippen molar-refractivity contribution in [1.82, 2.24) is 24.5 Å². The SMILES string of the molecule is c1ccc(-c2cc(-c3cc(N(c4ccccc4)c4ccccc4)c(-n4c5cccnc5c5ncccc54)c(N(c4ccccc4)c4ccccc4)c3)nc(-c3ccccc3)n2)cc1. The highest BCUT2D eigenvalue weighted by Gasteiger charge is 2.29. The first-order chi connectivity index (χ1) is 31.3. The summed E-state index contributed by atoms with van der Waals surface area (Å²) in [6.07, 6.45) is 3.69. The van der Waals surface area contributed by atoms with E-state index in [4.69, 9.17) is 19.9 Å². The molecular weight excluding hydrogens is 771 g/mol. The van der Waals surface area contributed by atoms with Crippen LogP contribution in [0.5, 0.6) is 0 Å². The van der Waals surface area contributed by atoms with Crippen LogP contribution in [-0.4, -0.2) is 24.5 Å². The Hall–Kier alpha value is -8.68. The normalized spacial score (nSPS) is 11.2. The van der Waals surface area contributed by atoms with Crippen LogP contribution in [0.25, 0.3) is 61.7 Å². The van der Waals surface area contributed by atoms with E-state index in [2.05, 4.69) is 202 Å². The van der Waals surface area contributed by atoms with Crippen LogP contribution in [0, 0.1) is 0 Å². The van der Waals surface area contributed by atoms with Gasteiger partial charge in [-0.05, 0) is 91.0 Å². The lowest BCUT2D eigenvalue weighted by molar-refractivity contribution is 1.12. The van der Waals surface area contributed by atoms with E-state index < -0.39 is 0 Å². The third kappa shape index (κ3) is 7.03. The molecule has 0 fully saturated rings. The molecule has 0 unspecified atom stereocenters. The number of fused-ring (bicyclic) bond motifs is 3. The van der Waals surface area contributed by atoms with Gasteiger partial charge in [-0.3, -0.25) is 9.97 Å². The number of anilines is 6. The molecule has 7 heteroatoms. The van der Waals surface area contributed by atoms with Gasteiger partial charge in [-0.15, -0.1) is 0 Å². The summed E-state index contributed by atoms with van der Waals surface area (Å²) in [6.45, 7) is 0. The van der Waals surface area contributed by atoms with E-state index in [0.29, 0.717) is 5.82 Å². The largest absolute Gasteiger partial charge is 0.308 e. The van der Waals surface area contributed by atoms with Crippen molar-refractivity contribution in [3.63, 3.8) is 0 Å². The van der Waals surface area contributed by atoms with Gasteiger partial charge in [-0.25, -0.2) is 9.97 Å². The summed E-state index contributed by atoms with van der Waals surface area (Å²) in [7, 11) is 0. The Morgan fingerprint density at radius 3 is 1.11 bits per heavy atom. The second-order valence-electron chi connectivity index (χ2n) is 15.1. The third-order valence-electron chi connectivity index (χ3n) is 11.2. The molecule has 0 saturated heterocycles. The van der Waals surface area contributed by atoms with Gasteiger partial charge in [0, 0.05) is 51.8 Å². The predicted octanol–water partition coefficient (Wildman–Crippen LogP) is 14.3. The summed E-state index contributed by atoms with van der Waals surface area (Å²) in [6, 6.07) is 77.8. The number of hydrogen-bond donors (Lipinski definition) is 0. The van der Waals surface area contributed by atoms with Crippen molar-refractivity contribution in [2.45, 2.75) is 0 Å². The lowest BCUT2D eigenvalue weighted by Crippen LogP contribution is -2.18. The van der Waals surface area contributed by atoms with E-state index in [0.717, 1.165) is 90.0 Å². The van der Waals surface area contributed by atoms with Gasteiger partial charge in [0.25, 0.3) is 0 Å². The van der Waals surface area contributed by atoms with Gasteiger partial charge in [-0.1, -0.05) is 133 Å². The van der Waals surface area contributed by atoms with Crippen LogP contribution in [0.15, 0.2) is 237 Å². The molecule has 11 rings (SSSR count). The lowest BCUT2D eigenvalue weighted by Gasteiger charge is -2.34. The van der Waals surface area contributed by atoms with E-state index in [-0.39, 0.29) is 0 Å². The molecule has 0 N–H and O–H groups in total. The van der Waals surface area contributed by atoms with E-state index in [1.54, 1.807) is 0 Å². The van der Waals surface area contributed by atoms with Crippen molar-refractivity contribution in [3.8, 4) is 39.6 Å². The molecule has 0 aliphatic heterocycles. The van der Waals surface area contributed by atoms with Crippen molar-refractivity contribution in [3.05, 3.63) is 237 Å². The fraction of sp³-hybridized carbons (Fsp3) is 0. The van der Waals surface area contributed by atoms with E-state index in [1.807, 2.05) is 48.8 Å². The maximum Gasteiger partial charge on any atom is 0.160 e. The average Bonchev–Trinajstić information content (AvgIpc) is 3.70.